The molecule has 6 heteroatoms. The van der Waals surface area contributed by atoms with Gasteiger partial charge in [-0.15, -0.1) is 5.54 Å². The predicted molar refractivity (Wildman–Crippen MR) is 91.1 cm³/mol. The topological polar surface area (TPSA) is 38.7 Å². The standard InChI is InChI=1S/C15H16ClN3SSi/c1-21(2,3)10-9-13-17-14(16)19-15(18-13)20-11-12-7-5-4-6-8-12/h4-8H,11H2,1-3H3. The molecule has 1 aromatic carbocycles. The highest BCUT2D eigenvalue weighted by atomic mass is 35.5. The molecule has 0 aliphatic heterocycles. The number of thioether (sulfide) groups is 1. The first-order valence-electron chi connectivity index (χ1n) is 6.54. The lowest BCUT2D eigenvalue weighted by Gasteiger charge is -2.04. The van der Waals surface area contributed by atoms with E-state index in [4.69, 9.17) is 11.6 Å². The number of aromatic nitrogens is 3. The molecule has 3 nitrogen and oxygen atoms in total. The van der Waals surface area contributed by atoms with Crippen LogP contribution in [0.3, 0.4) is 0 Å². The summed E-state index contributed by atoms with van der Waals surface area (Å²) in [5, 5.41) is 0.805. The number of benzene rings is 1. The highest BCUT2D eigenvalue weighted by molar-refractivity contribution is 7.98. The molecule has 21 heavy (non-hydrogen) atoms. The molecule has 0 N–H and O–H groups in total. The molecule has 1 aromatic heterocycles. The van der Waals surface area contributed by atoms with Crippen molar-refractivity contribution in [2.24, 2.45) is 0 Å². The van der Waals surface area contributed by atoms with Gasteiger partial charge in [-0.3, -0.25) is 0 Å². The van der Waals surface area contributed by atoms with Gasteiger partial charge in [-0.05, 0) is 23.1 Å². The van der Waals surface area contributed by atoms with Gasteiger partial charge in [0.1, 0.15) is 8.07 Å². The zero-order valence-corrected chi connectivity index (χ0v) is 14.8. The molecule has 0 saturated carbocycles. The number of hydrogen-bond acceptors (Lipinski definition) is 4. The smallest absolute Gasteiger partial charge is 0.194 e. The second kappa shape index (κ2) is 7.08. The van der Waals surface area contributed by atoms with Gasteiger partial charge < -0.3 is 0 Å². The Morgan fingerprint density at radius 2 is 1.81 bits per heavy atom. The van der Waals surface area contributed by atoms with E-state index in [0.29, 0.717) is 11.0 Å². The molecule has 0 bridgehead atoms. The third kappa shape index (κ3) is 5.88. The molecule has 0 spiro atoms. The normalized spacial score (nSPS) is 10.9. The van der Waals surface area contributed by atoms with Gasteiger partial charge in [0.2, 0.25) is 11.1 Å². The molecule has 0 amide bonds. The summed E-state index contributed by atoms with van der Waals surface area (Å²) in [5.41, 5.74) is 4.45. The quantitative estimate of drug-likeness (QED) is 0.482. The molecular weight excluding hydrogens is 318 g/mol. The Labute approximate surface area is 135 Å². The number of nitrogens with zero attached hydrogens (tertiary/aromatic N) is 3. The molecule has 0 aliphatic carbocycles. The van der Waals surface area contributed by atoms with Gasteiger partial charge in [-0.2, -0.15) is 15.0 Å². The molecule has 0 atom stereocenters. The first-order valence-corrected chi connectivity index (χ1v) is 11.4. The lowest BCUT2D eigenvalue weighted by Crippen LogP contribution is -2.16. The van der Waals surface area contributed by atoms with Crippen molar-refractivity contribution in [1.29, 1.82) is 0 Å². The Kier molecular flexibility index (Phi) is 5.40. The highest BCUT2D eigenvalue weighted by Gasteiger charge is 2.09. The van der Waals surface area contributed by atoms with Gasteiger partial charge in [0.25, 0.3) is 0 Å². The second-order valence-corrected chi connectivity index (χ2v) is 11.5. The average molecular weight is 334 g/mol. The Bertz CT molecular complexity index is 675. The first kappa shape index (κ1) is 16.0. The van der Waals surface area contributed by atoms with Crippen LogP contribution in [0.5, 0.6) is 0 Å². The summed E-state index contributed by atoms with van der Waals surface area (Å²) in [4.78, 5) is 12.6. The lowest BCUT2D eigenvalue weighted by atomic mass is 10.2. The van der Waals surface area contributed by atoms with Gasteiger partial charge in [-0.25, -0.2) is 0 Å². The largest absolute Gasteiger partial charge is 0.227 e. The van der Waals surface area contributed by atoms with Crippen molar-refractivity contribution < 1.29 is 0 Å². The van der Waals surface area contributed by atoms with Crippen LogP contribution in [0, 0.1) is 11.5 Å². The molecule has 108 valence electrons. The number of rotatable bonds is 3. The molecule has 0 unspecified atom stereocenters. The molecule has 0 fully saturated rings. The maximum atomic E-state index is 5.95. The van der Waals surface area contributed by atoms with Crippen LogP contribution in [-0.4, -0.2) is 23.0 Å². The van der Waals surface area contributed by atoms with Crippen LogP contribution in [-0.2, 0) is 5.75 Å². The van der Waals surface area contributed by atoms with Crippen molar-refractivity contribution in [2.45, 2.75) is 30.6 Å². The summed E-state index contributed by atoms with van der Waals surface area (Å²) in [5.74, 6) is 4.26. The van der Waals surface area contributed by atoms with Crippen LogP contribution < -0.4 is 0 Å². The summed E-state index contributed by atoms with van der Waals surface area (Å²) in [6, 6.07) is 10.2. The van der Waals surface area contributed by atoms with Crippen molar-refractivity contribution in [3.8, 4) is 11.5 Å². The Hall–Kier alpha value is -1.35. The molecular formula is C15H16ClN3SSi. The van der Waals surface area contributed by atoms with E-state index in [1.807, 2.05) is 18.2 Å². The van der Waals surface area contributed by atoms with Gasteiger partial charge >= 0.3 is 0 Å². The van der Waals surface area contributed by atoms with Crippen molar-refractivity contribution in [1.82, 2.24) is 15.0 Å². The van der Waals surface area contributed by atoms with E-state index in [9.17, 15) is 0 Å². The summed E-state index contributed by atoms with van der Waals surface area (Å²) < 4.78 is 0. The van der Waals surface area contributed by atoms with E-state index in [-0.39, 0.29) is 5.28 Å². The fourth-order valence-corrected chi connectivity index (χ4v) is 2.91. The SMILES string of the molecule is C[Si](C)(C)C#Cc1nc(Cl)nc(SCc2ccccc2)n1. The van der Waals surface area contributed by atoms with Crippen molar-refractivity contribution in [3.63, 3.8) is 0 Å². The third-order valence-electron chi connectivity index (χ3n) is 2.35. The van der Waals surface area contributed by atoms with E-state index < -0.39 is 8.07 Å². The summed E-state index contributed by atoms with van der Waals surface area (Å²) in [6.07, 6.45) is 0. The van der Waals surface area contributed by atoms with Crippen molar-refractivity contribution >= 4 is 31.4 Å². The molecule has 0 radical (unpaired) electrons. The van der Waals surface area contributed by atoms with Gasteiger partial charge in [0.15, 0.2) is 5.16 Å². The van der Waals surface area contributed by atoms with Crippen molar-refractivity contribution in [2.75, 3.05) is 0 Å². The maximum Gasteiger partial charge on any atom is 0.227 e. The Balaban J connectivity index is 2.13. The zero-order valence-electron chi connectivity index (χ0n) is 12.2. The highest BCUT2D eigenvalue weighted by Crippen LogP contribution is 2.19. The van der Waals surface area contributed by atoms with Crippen LogP contribution in [0.15, 0.2) is 35.5 Å². The van der Waals surface area contributed by atoms with Gasteiger partial charge in [-0.1, -0.05) is 61.7 Å². The molecule has 1 heterocycles. The second-order valence-electron chi connectivity index (χ2n) is 5.48. The minimum atomic E-state index is -1.46. The van der Waals surface area contributed by atoms with Crippen LogP contribution >= 0.6 is 23.4 Å². The van der Waals surface area contributed by atoms with Gasteiger partial charge in [0, 0.05) is 5.75 Å². The van der Waals surface area contributed by atoms with Crippen LogP contribution in [0.25, 0.3) is 0 Å². The zero-order chi connectivity index (χ0) is 15.3. The van der Waals surface area contributed by atoms with E-state index >= 15 is 0 Å². The Morgan fingerprint density at radius 1 is 1.10 bits per heavy atom. The minimum absolute atomic E-state index is 0.195. The minimum Gasteiger partial charge on any atom is -0.194 e. The molecule has 0 saturated heterocycles. The molecule has 2 aromatic rings. The molecule has 0 aliphatic rings. The first-order chi connectivity index (χ1) is 9.92. The fourth-order valence-electron chi connectivity index (χ4n) is 1.42. The summed E-state index contributed by atoms with van der Waals surface area (Å²) >= 11 is 7.48. The van der Waals surface area contributed by atoms with Crippen molar-refractivity contribution in [3.05, 3.63) is 47.0 Å². The average Bonchev–Trinajstić information content (AvgIpc) is 2.43. The van der Waals surface area contributed by atoms with E-state index in [0.717, 1.165) is 5.75 Å². The summed E-state index contributed by atoms with van der Waals surface area (Å²) in [7, 11) is -1.46. The van der Waals surface area contributed by atoms with Crippen LogP contribution in [0.2, 0.25) is 24.9 Å². The summed E-state index contributed by atoms with van der Waals surface area (Å²) in [6.45, 7) is 6.52. The molecule has 2 rings (SSSR count). The fraction of sp³-hybridized carbons (Fsp3) is 0.267. The monoisotopic (exact) mass is 333 g/mol. The van der Waals surface area contributed by atoms with Crippen LogP contribution in [0.1, 0.15) is 11.4 Å². The van der Waals surface area contributed by atoms with Gasteiger partial charge in [0.05, 0.1) is 0 Å². The van der Waals surface area contributed by atoms with E-state index in [1.54, 1.807) is 0 Å². The third-order valence-corrected chi connectivity index (χ3v) is 4.31. The van der Waals surface area contributed by atoms with E-state index in [2.05, 4.69) is 58.2 Å². The lowest BCUT2D eigenvalue weighted by molar-refractivity contribution is 0.887. The van der Waals surface area contributed by atoms with Crippen LogP contribution in [0.4, 0.5) is 0 Å². The number of halogens is 1. The Morgan fingerprint density at radius 3 is 2.48 bits per heavy atom. The van der Waals surface area contributed by atoms with E-state index in [1.165, 1.54) is 17.3 Å². The maximum absolute atomic E-state index is 5.95. The number of hydrogen-bond donors (Lipinski definition) is 0. The predicted octanol–water partition coefficient (Wildman–Crippen LogP) is 4.05.